The minimum absolute atomic E-state index is 0.0556. The zero-order valence-electron chi connectivity index (χ0n) is 21.7. The molecule has 196 valence electrons. The highest BCUT2D eigenvalue weighted by atomic mass is 32.2. The predicted molar refractivity (Wildman–Crippen MR) is 160 cm³/mol. The van der Waals surface area contributed by atoms with Crippen molar-refractivity contribution in [2.24, 2.45) is 4.99 Å². The van der Waals surface area contributed by atoms with Gasteiger partial charge in [0.05, 0.1) is 23.8 Å². The summed E-state index contributed by atoms with van der Waals surface area (Å²) in [4.78, 5) is 22.2. The maximum atomic E-state index is 12.9. The van der Waals surface area contributed by atoms with Gasteiger partial charge in [-0.05, 0) is 76.1 Å². The van der Waals surface area contributed by atoms with Gasteiger partial charge in [-0.25, -0.2) is 4.99 Å². The van der Waals surface area contributed by atoms with E-state index in [4.69, 9.17) is 14.5 Å². The average molecular weight is 536 g/mol. The molecular formula is C32H29N3O3S. The van der Waals surface area contributed by atoms with Gasteiger partial charge in [0.15, 0.2) is 5.17 Å². The number of nitrogens with zero attached hydrogens (tertiary/aromatic N) is 3. The second-order valence-electron chi connectivity index (χ2n) is 9.48. The van der Waals surface area contributed by atoms with Gasteiger partial charge >= 0.3 is 0 Å². The first-order valence-corrected chi connectivity index (χ1v) is 13.8. The Kier molecular flexibility index (Phi) is 7.34. The Morgan fingerprint density at radius 3 is 2.46 bits per heavy atom. The van der Waals surface area contributed by atoms with Crippen LogP contribution < -0.4 is 9.64 Å². The van der Waals surface area contributed by atoms with Gasteiger partial charge in [0.2, 0.25) is 0 Å². The summed E-state index contributed by atoms with van der Waals surface area (Å²) in [6, 6.07) is 30.6. The normalized spacial score (nSPS) is 17.9. The van der Waals surface area contributed by atoms with Crippen LogP contribution in [0.5, 0.6) is 5.75 Å². The summed E-state index contributed by atoms with van der Waals surface area (Å²) in [7, 11) is 1.77. The number of carbonyl (C=O) groups excluding carboxylic acids is 1. The van der Waals surface area contributed by atoms with E-state index in [1.807, 2.05) is 54.6 Å². The molecule has 0 saturated carbocycles. The first-order valence-electron chi connectivity index (χ1n) is 13.0. The van der Waals surface area contributed by atoms with Crippen LogP contribution in [0.25, 0.3) is 16.8 Å². The monoisotopic (exact) mass is 535 g/mol. The van der Waals surface area contributed by atoms with E-state index in [0.717, 1.165) is 54.6 Å². The highest BCUT2D eigenvalue weighted by Gasteiger charge is 2.30. The first-order chi connectivity index (χ1) is 19.1. The van der Waals surface area contributed by atoms with E-state index in [1.165, 1.54) is 22.5 Å². The molecule has 4 aromatic carbocycles. The van der Waals surface area contributed by atoms with Crippen molar-refractivity contribution in [3.63, 3.8) is 0 Å². The van der Waals surface area contributed by atoms with Gasteiger partial charge in [-0.1, -0.05) is 54.6 Å². The predicted octanol–water partition coefficient (Wildman–Crippen LogP) is 6.49. The number of hydrogen-bond donors (Lipinski definition) is 0. The molecule has 2 heterocycles. The third kappa shape index (κ3) is 5.70. The fourth-order valence-corrected chi connectivity index (χ4v) is 5.70. The Balaban J connectivity index is 1.11. The minimum Gasteiger partial charge on any atom is -0.489 e. The van der Waals surface area contributed by atoms with Crippen LogP contribution >= 0.6 is 11.8 Å². The SMILES string of the molecule is CN1C(=O)/C(=C/c2ccc(OCc3cccc4ccccc34)cc2)SC1=Nc1ccc(N2CCOCC2)cc1. The lowest BCUT2D eigenvalue weighted by atomic mass is 10.1. The Bertz CT molecular complexity index is 1540. The molecule has 2 aliphatic rings. The lowest BCUT2D eigenvalue weighted by Gasteiger charge is -2.28. The molecule has 2 aliphatic heterocycles. The van der Waals surface area contributed by atoms with Crippen LogP contribution in [-0.2, 0) is 16.1 Å². The van der Waals surface area contributed by atoms with Gasteiger partial charge < -0.3 is 14.4 Å². The van der Waals surface area contributed by atoms with Crippen molar-refractivity contribution in [2.75, 3.05) is 38.3 Å². The Morgan fingerprint density at radius 1 is 0.923 bits per heavy atom. The molecule has 1 amide bonds. The molecule has 4 aromatic rings. The molecule has 2 saturated heterocycles. The summed E-state index contributed by atoms with van der Waals surface area (Å²) in [5.41, 5.74) is 4.07. The molecule has 0 radical (unpaired) electrons. The maximum absolute atomic E-state index is 12.9. The molecule has 0 spiro atoms. The molecule has 0 N–H and O–H groups in total. The van der Waals surface area contributed by atoms with Crippen LogP contribution in [0, 0.1) is 0 Å². The van der Waals surface area contributed by atoms with Crippen molar-refractivity contribution >= 4 is 51.1 Å². The maximum Gasteiger partial charge on any atom is 0.266 e. The Morgan fingerprint density at radius 2 is 1.67 bits per heavy atom. The molecule has 6 nitrogen and oxygen atoms in total. The summed E-state index contributed by atoms with van der Waals surface area (Å²) in [5, 5.41) is 3.07. The largest absolute Gasteiger partial charge is 0.489 e. The van der Waals surface area contributed by atoms with Gasteiger partial charge in [-0.3, -0.25) is 9.69 Å². The molecule has 0 aliphatic carbocycles. The number of fused-ring (bicyclic) bond motifs is 1. The van der Waals surface area contributed by atoms with E-state index in [-0.39, 0.29) is 5.91 Å². The van der Waals surface area contributed by atoms with Crippen LogP contribution in [0.2, 0.25) is 0 Å². The average Bonchev–Trinajstić information content (AvgIpc) is 3.25. The van der Waals surface area contributed by atoms with Crippen molar-refractivity contribution in [3.8, 4) is 5.75 Å². The van der Waals surface area contributed by atoms with E-state index < -0.39 is 0 Å². The summed E-state index contributed by atoms with van der Waals surface area (Å²) >= 11 is 1.39. The Hall–Kier alpha value is -4.07. The third-order valence-electron chi connectivity index (χ3n) is 6.91. The molecule has 6 rings (SSSR count). The van der Waals surface area contributed by atoms with Gasteiger partial charge in [0, 0.05) is 25.8 Å². The van der Waals surface area contributed by atoms with Crippen LogP contribution in [0.3, 0.4) is 0 Å². The zero-order chi connectivity index (χ0) is 26.6. The zero-order valence-corrected chi connectivity index (χ0v) is 22.6. The molecular weight excluding hydrogens is 506 g/mol. The van der Waals surface area contributed by atoms with Crippen LogP contribution in [-0.4, -0.2) is 49.3 Å². The summed E-state index contributed by atoms with van der Waals surface area (Å²) in [6.45, 7) is 3.79. The van der Waals surface area contributed by atoms with E-state index in [9.17, 15) is 4.79 Å². The van der Waals surface area contributed by atoms with E-state index in [0.29, 0.717) is 16.7 Å². The first kappa shape index (κ1) is 25.2. The summed E-state index contributed by atoms with van der Waals surface area (Å²) in [5.74, 6) is 0.732. The second-order valence-corrected chi connectivity index (χ2v) is 10.5. The number of ether oxygens (including phenoxy) is 2. The summed E-state index contributed by atoms with van der Waals surface area (Å²) < 4.78 is 11.5. The standard InChI is InChI=1S/C32H29N3O3S/c1-34-31(36)30(39-32(34)33-26-11-13-27(14-12-26)35-17-19-37-20-18-35)21-23-9-15-28(16-10-23)38-22-25-7-4-6-24-5-2-3-8-29(24)25/h2-16,21H,17-20,22H2,1H3/b30-21-,33-32?. The summed E-state index contributed by atoms with van der Waals surface area (Å²) in [6.07, 6.45) is 1.90. The fraction of sp³-hybridized carbons (Fsp3) is 0.188. The van der Waals surface area contributed by atoms with Crippen molar-refractivity contribution < 1.29 is 14.3 Å². The van der Waals surface area contributed by atoms with E-state index in [1.54, 1.807) is 11.9 Å². The molecule has 0 bridgehead atoms. The van der Waals surface area contributed by atoms with Crippen LogP contribution in [0.1, 0.15) is 11.1 Å². The number of morpholine rings is 1. The molecule has 7 heteroatoms. The van der Waals surface area contributed by atoms with Crippen molar-refractivity contribution in [2.45, 2.75) is 6.61 Å². The van der Waals surface area contributed by atoms with Crippen molar-refractivity contribution in [1.29, 1.82) is 0 Å². The highest BCUT2D eigenvalue weighted by molar-refractivity contribution is 8.18. The number of carbonyl (C=O) groups is 1. The van der Waals surface area contributed by atoms with E-state index >= 15 is 0 Å². The lowest BCUT2D eigenvalue weighted by Crippen LogP contribution is -2.36. The van der Waals surface area contributed by atoms with Gasteiger partial charge in [0.25, 0.3) is 5.91 Å². The number of anilines is 1. The topological polar surface area (TPSA) is 54.4 Å². The van der Waals surface area contributed by atoms with Crippen LogP contribution in [0.15, 0.2) is 101 Å². The Labute approximate surface area is 232 Å². The molecule has 0 unspecified atom stereocenters. The quantitative estimate of drug-likeness (QED) is 0.264. The number of aliphatic imine (C=N–C) groups is 1. The molecule has 0 aromatic heterocycles. The molecule has 39 heavy (non-hydrogen) atoms. The van der Waals surface area contributed by atoms with E-state index in [2.05, 4.69) is 47.4 Å². The van der Waals surface area contributed by atoms with Gasteiger partial charge in [0.1, 0.15) is 12.4 Å². The molecule has 2 fully saturated rings. The number of amidine groups is 1. The van der Waals surface area contributed by atoms with Crippen molar-refractivity contribution in [3.05, 3.63) is 107 Å². The number of likely N-dealkylation sites (N-methyl/N-ethyl adjacent to an activating group) is 1. The van der Waals surface area contributed by atoms with Crippen LogP contribution in [0.4, 0.5) is 11.4 Å². The van der Waals surface area contributed by atoms with Crippen molar-refractivity contribution in [1.82, 2.24) is 4.90 Å². The molecule has 0 atom stereocenters. The minimum atomic E-state index is -0.0556. The fourth-order valence-electron chi connectivity index (χ4n) is 4.71. The number of amides is 1. The van der Waals surface area contributed by atoms with Gasteiger partial charge in [-0.2, -0.15) is 0 Å². The van der Waals surface area contributed by atoms with Gasteiger partial charge in [-0.15, -0.1) is 0 Å². The highest BCUT2D eigenvalue weighted by Crippen LogP contribution is 2.34. The number of rotatable bonds is 6. The smallest absolute Gasteiger partial charge is 0.266 e. The third-order valence-corrected chi connectivity index (χ3v) is 7.97. The lowest BCUT2D eigenvalue weighted by molar-refractivity contribution is -0.121. The number of thioether (sulfide) groups is 1. The number of benzene rings is 4. The second kappa shape index (κ2) is 11.4. The number of hydrogen-bond acceptors (Lipinski definition) is 6.